The predicted octanol–water partition coefficient (Wildman–Crippen LogP) is 2.36. The van der Waals surface area contributed by atoms with Crippen LogP contribution in [-0.4, -0.2) is 49.3 Å². The summed E-state index contributed by atoms with van der Waals surface area (Å²) in [7, 11) is 3.63. The summed E-state index contributed by atoms with van der Waals surface area (Å²) in [5, 5.41) is 9.20. The van der Waals surface area contributed by atoms with E-state index in [1.807, 2.05) is 12.1 Å². The predicted molar refractivity (Wildman–Crippen MR) is 80.2 cm³/mol. The topological polar surface area (TPSA) is 59.0 Å². The molecule has 2 unspecified atom stereocenters. The highest BCUT2D eigenvalue weighted by Gasteiger charge is 2.24. The lowest BCUT2D eigenvalue weighted by atomic mass is 10.00. The Morgan fingerprint density at radius 1 is 1.48 bits per heavy atom. The lowest BCUT2D eigenvalue weighted by Gasteiger charge is -2.30. The number of likely N-dealkylation sites (tertiary alicyclic amines) is 1. The third-order valence-corrected chi connectivity index (χ3v) is 3.93. The van der Waals surface area contributed by atoms with Crippen LogP contribution in [0.15, 0.2) is 18.2 Å². The zero-order valence-corrected chi connectivity index (χ0v) is 12.8. The van der Waals surface area contributed by atoms with Gasteiger partial charge in [0.15, 0.2) is 11.5 Å². The molecule has 0 aromatic heterocycles. The second kappa shape index (κ2) is 6.80. The van der Waals surface area contributed by atoms with Gasteiger partial charge >= 0.3 is 5.97 Å². The van der Waals surface area contributed by atoms with Crippen LogP contribution in [0, 0.1) is 0 Å². The zero-order chi connectivity index (χ0) is 15.4. The van der Waals surface area contributed by atoms with Crippen molar-refractivity contribution < 1.29 is 19.4 Å². The molecule has 1 aliphatic heterocycles. The third-order valence-electron chi connectivity index (χ3n) is 3.93. The molecule has 1 aliphatic rings. The standard InChI is InChI=1S/C16H23NO4/c1-11(16(18)19)13-7-4-8-14(15(13)20-3)21-12-6-5-9-17(2)10-12/h4,7-8,11-12H,5-6,9-10H2,1-3H3,(H,18,19). The Balaban J connectivity index is 2.23. The highest BCUT2D eigenvalue weighted by atomic mass is 16.5. The fourth-order valence-electron chi connectivity index (χ4n) is 2.71. The minimum atomic E-state index is -0.872. The van der Waals surface area contributed by atoms with E-state index in [0.29, 0.717) is 17.1 Å². The number of piperidine rings is 1. The summed E-state index contributed by atoms with van der Waals surface area (Å²) < 4.78 is 11.5. The average molecular weight is 293 g/mol. The smallest absolute Gasteiger partial charge is 0.310 e. The number of carboxylic acids is 1. The molecule has 1 aromatic rings. The van der Waals surface area contributed by atoms with Crippen molar-refractivity contribution in [2.75, 3.05) is 27.2 Å². The van der Waals surface area contributed by atoms with Crippen molar-refractivity contribution in [3.8, 4) is 11.5 Å². The van der Waals surface area contributed by atoms with Crippen molar-refractivity contribution >= 4 is 5.97 Å². The number of carboxylic acid groups (broad SMARTS) is 1. The van der Waals surface area contributed by atoms with Crippen molar-refractivity contribution in [3.63, 3.8) is 0 Å². The number of likely N-dealkylation sites (N-methyl/N-ethyl adjacent to an activating group) is 1. The van der Waals surface area contributed by atoms with Crippen LogP contribution in [0.1, 0.15) is 31.2 Å². The van der Waals surface area contributed by atoms with Crippen LogP contribution in [0.3, 0.4) is 0 Å². The fourth-order valence-corrected chi connectivity index (χ4v) is 2.71. The van der Waals surface area contributed by atoms with Crippen LogP contribution in [0.2, 0.25) is 0 Å². The number of hydrogen-bond donors (Lipinski definition) is 1. The summed E-state index contributed by atoms with van der Waals surface area (Å²) >= 11 is 0. The van der Waals surface area contributed by atoms with E-state index < -0.39 is 11.9 Å². The molecule has 0 radical (unpaired) electrons. The first-order valence-corrected chi connectivity index (χ1v) is 7.27. The summed E-state index contributed by atoms with van der Waals surface area (Å²) in [6.07, 6.45) is 2.23. The number of nitrogens with zero attached hydrogens (tertiary/aromatic N) is 1. The highest BCUT2D eigenvalue weighted by molar-refractivity contribution is 5.77. The first kappa shape index (κ1) is 15.6. The zero-order valence-electron chi connectivity index (χ0n) is 12.8. The Bertz CT molecular complexity index is 503. The van der Waals surface area contributed by atoms with E-state index in [9.17, 15) is 9.90 Å². The van der Waals surface area contributed by atoms with Gasteiger partial charge in [-0.1, -0.05) is 12.1 Å². The molecule has 5 heteroatoms. The van der Waals surface area contributed by atoms with Crippen LogP contribution >= 0.6 is 0 Å². The second-order valence-corrected chi connectivity index (χ2v) is 5.58. The Morgan fingerprint density at radius 2 is 2.24 bits per heavy atom. The van der Waals surface area contributed by atoms with Gasteiger partial charge in [-0.25, -0.2) is 0 Å². The van der Waals surface area contributed by atoms with E-state index in [4.69, 9.17) is 9.47 Å². The van der Waals surface area contributed by atoms with Crippen LogP contribution < -0.4 is 9.47 Å². The molecule has 2 rings (SSSR count). The van der Waals surface area contributed by atoms with Gasteiger partial charge < -0.3 is 19.5 Å². The maximum absolute atomic E-state index is 11.2. The summed E-state index contributed by atoms with van der Waals surface area (Å²) in [6, 6.07) is 5.43. The Hall–Kier alpha value is -1.75. The van der Waals surface area contributed by atoms with E-state index in [-0.39, 0.29) is 6.10 Å². The molecule has 21 heavy (non-hydrogen) atoms. The fraction of sp³-hybridized carbons (Fsp3) is 0.562. The van der Waals surface area contributed by atoms with Gasteiger partial charge in [-0.2, -0.15) is 0 Å². The summed E-state index contributed by atoms with van der Waals surface area (Å²) in [4.78, 5) is 13.4. The normalized spacial score (nSPS) is 20.8. The van der Waals surface area contributed by atoms with E-state index in [2.05, 4.69) is 11.9 Å². The number of para-hydroxylation sites is 1. The van der Waals surface area contributed by atoms with Crippen LogP contribution in [0.5, 0.6) is 11.5 Å². The van der Waals surface area contributed by atoms with Gasteiger partial charge in [0.05, 0.1) is 13.0 Å². The van der Waals surface area contributed by atoms with Gasteiger partial charge in [0, 0.05) is 12.1 Å². The SMILES string of the molecule is COc1c(OC2CCCN(C)C2)cccc1C(C)C(=O)O. The molecule has 0 amide bonds. The number of ether oxygens (including phenoxy) is 2. The quantitative estimate of drug-likeness (QED) is 0.903. The van der Waals surface area contributed by atoms with Gasteiger partial charge in [-0.3, -0.25) is 4.79 Å². The summed E-state index contributed by atoms with van der Waals surface area (Å²) in [5.41, 5.74) is 0.645. The van der Waals surface area contributed by atoms with Crippen LogP contribution in [0.4, 0.5) is 0 Å². The minimum absolute atomic E-state index is 0.119. The lowest BCUT2D eigenvalue weighted by Crippen LogP contribution is -2.38. The Morgan fingerprint density at radius 3 is 2.86 bits per heavy atom. The molecule has 2 atom stereocenters. The van der Waals surface area contributed by atoms with E-state index in [1.165, 1.54) is 0 Å². The minimum Gasteiger partial charge on any atom is -0.493 e. The number of carbonyl (C=O) groups is 1. The molecule has 0 saturated carbocycles. The number of rotatable bonds is 5. The Kier molecular flexibility index (Phi) is 5.07. The number of benzene rings is 1. The monoisotopic (exact) mass is 293 g/mol. The number of methoxy groups -OCH3 is 1. The van der Waals surface area contributed by atoms with Gasteiger partial charge in [-0.15, -0.1) is 0 Å². The van der Waals surface area contributed by atoms with Gasteiger partial charge in [0.1, 0.15) is 6.10 Å². The van der Waals surface area contributed by atoms with E-state index in [0.717, 1.165) is 25.9 Å². The van der Waals surface area contributed by atoms with E-state index >= 15 is 0 Å². The van der Waals surface area contributed by atoms with E-state index in [1.54, 1.807) is 20.1 Å². The number of aliphatic carboxylic acids is 1. The molecule has 1 fully saturated rings. The maximum atomic E-state index is 11.2. The maximum Gasteiger partial charge on any atom is 0.310 e. The summed E-state index contributed by atoms with van der Waals surface area (Å²) in [5.74, 6) is -0.343. The van der Waals surface area contributed by atoms with Gasteiger partial charge in [-0.05, 0) is 39.4 Å². The molecular formula is C16H23NO4. The molecule has 116 valence electrons. The molecule has 1 N–H and O–H groups in total. The first-order valence-electron chi connectivity index (χ1n) is 7.27. The Labute approximate surface area is 125 Å². The largest absolute Gasteiger partial charge is 0.493 e. The van der Waals surface area contributed by atoms with Crippen molar-refractivity contribution in [2.24, 2.45) is 0 Å². The lowest BCUT2D eigenvalue weighted by molar-refractivity contribution is -0.138. The van der Waals surface area contributed by atoms with Crippen molar-refractivity contribution in [1.82, 2.24) is 4.90 Å². The van der Waals surface area contributed by atoms with Gasteiger partial charge in [0.2, 0.25) is 0 Å². The average Bonchev–Trinajstić information content (AvgIpc) is 2.46. The highest BCUT2D eigenvalue weighted by Crippen LogP contribution is 2.36. The third kappa shape index (κ3) is 3.67. The van der Waals surface area contributed by atoms with Crippen molar-refractivity contribution in [2.45, 2.75) is 31.8 Å². The molecule has 0 aliphatic carbocycles. The summed E-state index contributed by atoms with van der Waals surface area (Å²) in [6.45, 7) is 3.62. The molecule has 1 saturated heterocycles. The van der Waals surface area contributed by atoms with Crippen molar-refractivity contribution in [1.29, 1.82) is 0 Å². The molecule has 5 nitrogen and oxygen atoms in total. The van der Waals surface area contributed by atoms with Crippen molar-refractivity contribution in [3.05, 3.63) is 23.8 Å². The van der Waals surface area contributed by atoms with Gasteiger partial charge in [0.25, 0.3) is 0 Å². The van der Waals surface area contributed by atoms with Crippen LogP contribution in [-0.2, 0) is 4.79 Å². The molecule has 1 heterocycles. The van der Waals surface area contributed by atoms with Crippen LogP contribution in [0.25, 0.3) is 0 Å². The molecule has 0 bridgehead atoms. The molecule has 1 aromatic carbocycles. The first-order chi connectivity index (χ1) is 10.0. The molecule has 0 spiro atoms. The number of hydrogen-bond acceptors (Lipinski definition) is 4. The second-order valence-electron chi connectivity index (χ2n) is 5.58. The molecular weight excluding hydrogens is 270 g/mol.